The van der Waals surface area contributed by atoms with Crippen molar-refractivity contribution in [3.8, 4) is 6.07 Å². The number of hydrogen-bond acceptors (Lipinski definition) is 4. The van der Waals surface area contributed by atoms with Crippen LogP contribution in [-0.2, 0) is 0 Å². The lowest BCUT2D eigenvalue weighted by atomic mass is 9.92. The van der Waals surface area contributed by atoms with E-state index in [1.54, 1.807) is 6.20 Å². The number of para-hydroxylation sites is 1. The molecule has 2 heterocycles. The van der Waals surface area contributed by atoms with Gasteiger partial charge in [0.2, 0.25) is 0 Å². The average molecular weight is 294 g/mol. The molecule has 0 amide bonds. The highest BCUT2D eigenvalue weighted by Gasteiger charge is 2.22. The Balaban J connectivity index is 1.86. The Kier molecular flexibility index (Phi) is 4.55. The summed E-state index contributed by atoms with van der Waals surface area (Å²) in [5, 5.41) is 13.8. The van der Waals surface area contributed by atoms with Crippen LogP contribution in [-0.4, -0.2) is 31.7 Å². The molecule has 1 N–H and O–H groups in total. The normalized spacial score (nSPS) is 15.9. The van der Waals surface area contributed by atoms with Crippen molar-refractivity contribution in [1.82, 2.24) is 10.3 Å². The minimum absolute atomic E-state index is 0.687. The predicted octanol–water partition coefficient (Wildman–Crippen LogP) is 2.93. The molecule has 0 radical (unpaired) electrons. The summed E-state index contributed by atoms with van der Waals surface area (Å²) in [6, 6.07) is 10.4. The summed E-state index contributed by atoms with van der Waals surface area (Å²) in [5.74, 6) is 0.794. The van der Waals surface area contributed by atoms with Gasteiger partial charge in [0.05, 0.1) is 16.8 Å². The Morgan fingerprint density at radius 2 is 2.09 bits per heavy atom. The van der Waals surface area contributed by atoms with Crippen LogP contribution < -0.4 is 10.2 Å². The third-order valence-corrected chi connectivity index (χ3v) is 4.60. The zero-order valence-electron chi connectivity index (χ0n) is 13.0. The molecule has 0 bridgehead atoms. The number of pyridine rings is 1. The molecular formula is C18H22N4. The molecule has 22 heavy (non-hydrogen) atoms. The van der Waals surface area contributed by atoms with Gasteiger partial charge in [-0.1, -0.05) is 18.2 Å². The predicted molar refractivity (Wildman–Crippen MR) is 89.9 cm³/mol. The zero-order valence-corrected chi connectivity index (χ0v) is 13.0. The Hall–Kier alpha value is -2.12. The highest BCUT2D eigenvalue weighted by Crippen LogP contribution is 2.32. The third kappa shape index (κ3) is 2.90. The first-order chi connectivity index (χ1) is 10.8. The number of nitrogens with one attached hydrogen (secondary N) is 1. The topological polar surface area (TPSA) is 52.0 Å². The largest absolute Gasteiger partial charge is 0.370 e. The molecule has 1 saturated heterocycles. The lowest BCUT2D eigenvalue weighted by molar-refractivity contribution is 0.378. The van der Waals surface area contributed by atoms with Crippen molar-refractivity contribution in [3.63, 3.8) is 0 Å². The van der Waals surface area contributed by atoms with Gasteiger partial charge in [-0.15, -0.1) is 0 Å². The summed E-state index contributed by atoms with van der Waals surface area (Å²) in [6.07, 6.45) is 5.35. The van der Waals surface area contributed by atoms with Gasteiger partial charge in [0.15, 0.2) is 0 Å². The van der Waals surface area contributed by atoms with Gasteiger partial charge < -0.3 is 10.2 Å². The fourth-order valence-corrected chi connectivity index (χ4v) is 3.34. The molecule has 114 valence electrons. The molecular weight excluding hydrogens is 272 g/mol. The number of benzene rings is 1. The number of nitrogens with zero attached hydrogens (tertiary/aromatic N) is 3. The Morgan fingerprint density at radius 3 is 2.82 bits per heavy atom. The van der Waals surface area contributed by atoms with Crippen LogP contribution in [0.25, 0.3) is 10.9 Å². The van der Waals surface area contributed by atoms with Gasteiger partial charge in [-0.3, -0.25) is 4.98 Å². The Labute approximate surface area is 131 Å². The van der Waals surface area contributed by atoms with Crippen molar-refractivity contribution in [1.29, 1.82) is 5.26 Å². The van der Waals surface area contributed by atoms with Crippen LogP contribution >= 0.6 is 0 Å². The number of piperidine rings is 1. The Morgan fingerprint density at radius 1 is 1.32 bits per heavy atom. The number of aromatic nitrogens is 1. The molecule has 2 aromatic rings. The van der Waals surface area contributed by atoms with Crippen molar-refractivity contribution in [2.45, 2.75) is 19.3 Å². The van der Waals surface area contributed by atoms with Crippen LogP contribution in [0, 0.1) is 17.2 Å². The number of rotatable bonds is 4. The summed E-state index contributed by atoms with van der Waals surface area (Å²) >= 11 is 0. The molecule has 1 aromatic carbocycles. The van der Waals surface area contributed by atoms with Crippen molar-refractivity contribution in [2.24, 2.45) is 5.92 Å². The van der Waals surface area contributed by atoms with Crippen LogP contribution in [0.3, 0.4) is 0 Å². The smallest absolute Gasteiger partial charge is 0.103 e. The maximum Gasteiger partial charge on any atom is 0.103 e. The second-order valence-electron chi connectivity index (χ2n) is 5.97. The van der Waals surface area contributed by atoms with Crippen LogP contribution in [0.2, 0.25) is 0 Å². The van der Waals surface area contributed by atoms with Crippen molar-refractivity contribution in [2.75, 3.05) is 31.6 Å². The molecule has 0 unspecified atom stereocenters. The first-order valence-corrected chi connectivity index (χ1v) is 8.01. The van der Waals surface area contributed by atoms with E-state index in [1.807, 2.05) is 25.2 Å². The molecule has 1 aliphatic heterocycles. The average Bonchev–Trinajstić information content (AvgIpc) is 2.59. The van der Waals surface area contributed by atoms with E-state index in [9.17, 15) is 5.26 Å². The van der Waals surface area contributed by atoms with E-state index in [4.69, 9.17) is 0 Å². The van der Waals surface area contributed by atoms with Crippen LogP contribution in [0.4, 0.5) is 5.69 Å². The number of anilines is 1. The van der Waals surface area contributed by atoms with E-state index in [-0.39, 0.29) is 0 Å². The maximum atomic E-state index is 9.45. The highest BCUT2D eigenvalue weighted by molar-refractivity contribution is 5.94. The van der Waals surface area contributed by atoms with Gasteiger partial charge in [0.1, 0.15) is 6.07 Å². The molecule has 0 aliphatic carbocycles. The lowest BCUT2D eigenvalue weighted by Gasteiger charge is -2.34. The molecule has 0 saturated carbocycles. The first kappa shape index (κ1) is 14.8. The Bertz CT molecular complexity index is 681. The summed E-state index contributed by atoms with van der Waals surface area (Å²) in [6.45, 7) is 3.14. The van der Waals surface area contributed by atoms with E-state index in [1.165, 1.54) is 19.3 Å². The van der Waals surface area contributed by atoms with Gasteiger partial charge in [-0.2, -0.15) is 5.26 Å². The molecule has 4 nitrogen and oxygen atoms in total. The molecule has 4 heteroatoms. The van der Waals surface area contributed by atoms with Crippen LogP contribution in [0.1, 0.15) is 24.8 Å². The van der Waals surface area contributed by atoms with Gasteiger partial charge in [0.25, 0.3) is 0 Å². The number of fused-ring (bicyclic) bond motifs is 1. The van der Waals surface area contributed by atoms with E-state index >= 15 is 0 Å². The summed E-state index contributed by atoms with van der Waals surface area (Å²) < 4.78 is 0. The molecule has 0 atom stereocenters. The van der Waals surface area contributed by atoms with Gasteiger partial charge in [0, 0.05) is 24.7 Å². The first-order valence-electron chi connectivity index (χ1n) is 8.01. The van der Waals surface area contributed by atoms with Crippen LogP contribution in [0.15, 0.2) is 30.5 Å². The molecule has 1 aromatic heterocycles. The van der Waals surface area contributed by atoms with E-state index in [2.05, 4.69) is 27.3 Å². The third-order valence-electron chi connectivity index (χ3n) is 4.60. The SMILES string of the molecule is CNCCC1CCN(c2c(C#N)cnc3ccccc23)CC1. The number of nitriles is 1. The quantitative estimate of drug-likeness (QED) is 0.942. The lowest BCUT2D eigenvalue weighted by Crippen LogP contribution is -2.35. The monoisotopic (exact) mass is 294 g/mol. The van der Waals surface area contributed by atoms with Crippen molar-refractivity contribution in [3.05, 3.63) is 36.0 Å². The summed E-state index contributed by atoms with van der Waals surface area (Å²) in [7, 11) is 2.01. The van der Waals surface area contributed by atoms with E-state index < -0.39 is 0 Å². The zero-order chi connectivity index (χ0) is 15.4. The fraction of sp³-hybridized carbons (Fsp3) is 0.444. The van der Waals surface area contributed by atoms with Crippen molar-refractivity contribution >= 4 is 16.6 Å². The summed E-state index contributed by atoms with van der Waals surface area (Å²) in [4.78, 5) is 6.78. The maximum absolute atomic E-state index is 9.45. The molecule has 1 aliphatic rings. The van der Waals surface area contributed by atoms with Crippen molar-refractivity contribution < 1.29 is 0 Å². The van der Waals surface area contributed by atoms with Gasteiger partial charge in [-0.25, -0.2) is 0 Å². The van der Waals surface area contributed by atoms with Gasteiger partial charge >= 0.3 is 0 Å². The minimum atomic E-state index is 0.687. The van der Waals surface area contributed by atoms with Gasteiger partial charge in [-0.05, 0) is 44.8 Å². The highest BCUT2D eigenvalue weighted by atomic mass is 15.1. The summed E-state index contributed by atoms with van der Waals surface area (Å²) in [5.41, 5.74) is 2.72. The van der Waals surface area contributed by atoms with E-state index in [0.717, 1.165) is 42.1 Å². The molecule has 0 spiro atoms. The molecule has 1 fully saturated rings. The van der Waals surface area contributed by atoms with Crippen LogP contribution in [0.5, 0.6) is 0 Å². The fourth-order valence-electron chi connectivity index (χ4n) is 3.34. The number of hydrogen-bond donors (Lipinski definition) is 1. The second-order valence-corrected chi connectivity index (χ2v) is 5.97. The minimum Gasteiger partial charge on any atom is -0.370 e. The van der Waals surface area contributed by atoms with E-state index in [0.29, 0.717) is 5.56 Å². The molecule has 3 rings (SSSR count). The standard InChI is InChI=1S/C18H22N4/c1-20-9-6-14-7-10-22(11-8-14)18-15(12-19)13-21-17-5-3-2-4-16(17)18/h2-5,13-14,20H,6-11H2,1H3. The second kappa shape index (κ2) is 6.76.